The molecule has 0 amide bonds. The van der Waals surface area contributed by atoms with E-state index < -0.39 is 28.8 Å². The molecule has 1 aromatic carbocycles. The van der Waals surface area contributed by atoms with Crippen LogP contribution in [0.1, 0.15) is 20.8 Å². The van der Waals surface area contributed by atoms with Gasteiger partial charge in [-0.2, -0.15) is 4.98 Å². The van der Waals surface area contributed by atoms with Gasteiger partial charge in [0, 0.05) is 0 Å². The Labute approximate surface area is 104 Å². The van der Waals surface area contributed by atoms with E-state index in [-0.39, 0.29) is 16.5 Å². The van der Waals surface area contributed by atoms with Crippen LogP contribution in [0, 0.1) is 0 Å². The van der Waals surface area contributed by atoms with E-state index in [1.54, 1.807) is 0 Å². The fourth-order valence-electron chi connectivity index (χ4n) is 1.60. The van der Waals surface area contributed by atoms with Gasteiger partial charge >= 0.3 is 11.9 Å². The van der Waals surface area contributed by atoms with Crippen LogP contribution in [0.5, 0.6) is 0 Å². The van der Waals surface area contributed by atoms with Gasteiger partial charge in [0.15, 0.2) is 0 Å². The van der Waals surface area contributed by atoms with Gasteiger partial charge in [-0.25, -0.2) is 9.59 Å². The average molecular weight is 262 g/mol. The highest BCUT2D eigenvalue weighted by atomic mass is 16.4. The summed E-state index contributed by atoms with van der Waals surface area (Å²) in [5, 5.41) is 17.4. The Balaban J connectivity index is 3.09. The fourth-order valence-corrected chi connectivity index (χ4v) is 1.60. The minimum Gasteiger partial charge on any atom is -0.478 e. The Bertz CT molecular complexity index is 823. The SMILES string of the molecule is O=C(O)c1nc(=O)c2c(C(=O)O)cccc2[nH]c1=O. The monoisotopic (exact) mass is 262 g/mol. The topological polar surface area (TPSA) is 137 Å². The summed E-state index contributed by atoms with van der Waals surface area (Å²) < 4.78 is 0. The molecule has 0 aliphatic carbocycles. The van der Waals surface area contributed by atoms with Crippen LogP contribution >= 0.6 is 0 Å². The van der Waals surface area contributed by atoms with Gasteiger partial charge in [-0.1, -0.05) is 6.07 Å². The second-order valence-corrected chi connectivity index (χ2v) is 3.56. The molecule has 0 bridgehead atoms. The quantitative estimate of drug-likeness (QED) is 0.674. The third-order valence-corrected chi connectivity index (χ3v) is 2.39. The molecule has 0 radical (unpaired) electrons. The first-order valence-corrected chi connectivity index (χ1v) is 4.95. The summed E-state index contributed by atoms with van der Waals surface area (Å²) in [4.78, 5) is 50.4. The van der Waals surface area contributed by atoms with Crippen molar-refractivity contribution in [2.75, 3.05) is 0 Å². The standard InChI is InChI=1S/C11H6N2O6/c14-8-6-4(10(16)17)2-1-3-5(6)12-9(15)7(13-8)11(18)19/h1-3H,(H,12,15)(H,16,17)(H,18,19). The number of rotatable bonds is 2. The molecule has 0 saturated heterocycles. The van der Waals surface area contributed by atoms with E-state index >= 15 is 0 Å². The zero-order valence-electron chi connectivity index (χ0n) is 9.21. The Morgan fingerprint density at radius 3 is 2.37 bits per heavy atom. The summed E-state index contributed by atoms with van der Waals surface area (Å²) in [6.07, 6.45) is 0. The molecule has 1 heterocycles. The molecule has 0 saturated carbocycles. The molecule has 96 valence electrons. The summed E-state index contributed by atoms with van der Waals surface area (Å²) >= 11 is 0. The largest absolute Gasteiger partial charge is 0.478 e. The molecule has 3 N–H and O–H groups in total. The molecule has 0 atom stereocenters. The lowest BCUT2D eigenvalue weighted by atomic mass is 10.1. The van der Waals surface area contributed by atoms with Crippen molar-refractivity contribution in [2.24, 2.45) is 0 Å². The van der Waals surface area contributed by atoms with E-state index in [1.165, 1.54) is 12.1 Å². The van der Waals surface area contributed by atoms with Crippen molar-refractivity contribution in [3.8, 4) is 0 Å². The highest BCUT2D eigenvalue weighted by molar-refractivity contribution is 6.02. The maximum atomic E-state index is 11.8. The Morgan fingerprint density at radius 1 is 1.11 bits per heavy atom. The number of carboxylic acids is 2. The van der Waals surface area contributed by atoms with Gasteiger partial charge in [-0.15, -0.1) is 0 Å². The highest BCUT2D eigenvalue weighted by Gasteiger charge is 2.16. The summed E-state index contributed by atoms with van der Waals surface area (Å²) in [5.41, 5.74) is -3.61. The first-order valence-electron chi connectivity index (χ1n) is 4.95. The Kier molecular flexibility index (Phi) is 2.83. The summed E-state index contributed by atoms with van der Waals surface area (Å²) in [6, 6.07) is 3.77. The first-order chi connectivity index (χ1) is 8.91. The van der Waals surface area contributed by atoms with Gasteiger partial charge in [0.2, 0.25) is 5.69 Å². The predicted molar refractivity (Wildman–Crippen MR) is 62.6 cm³/mol. The highest BCUT2D eigenvalue weighted by Crippen LogP contribution is 2.11. The minimum absolute atomic E-state index is 0.0881. The summed E-state index contributed by atoms with van der Waals surface area (Å²) in [7, 11) is 0. The van der Waals surface area contributed by atoms with Crippen molar-refractivity contribution in [2.45, 2.75) is 0 Å². The second-order valence-electron chi connectivity index (χ2n) is 3.56. The van der Waals surface area contributed by atoms with Crippen molar-refractivity contribution in [1.29, 1.82) is 0 Å². The average Bonchev–Trinajstić information content (AvgIpc) is 2.46. The molecule has 2 aromatic rings. The van der Waals surface area contributed by atoms with Crippen LogP contribution in [0.2, 0.25) is 0 Å². The number of carbonyl (C=O) groups is 2. The number of benzene rings is 1. The number of carboxylic acid groups (broad SMARTS) is 2. The van der Waals surface area contributed by atoms with Crippen molar-refractivity contribution >= 4 is 22.8 Å². The van der Waals surface area contributed by atoms with Crippen molar-refractivity contribution in [3.05, 3.63) is 50.2 Å². The maximum absolute atomic E-state index is 11.8. The zero-order valence-corrected chi connectivity index (χ0v) is 9.21. The molecule has 0 fully saturated rings. The Hall–Kier alpha value is -3.03. The normalized spacial score (nSPS) is 10.3. The number of hydrogen-bond donors (Lipinski definition) is 3. The van der Waals surface area contributed by atoms with E-state index in [9.17, 15) is 19.2 Å². The van der Waals surface area contributed by atoms with Gasteiger partial charge in [-0.3, -0.25) is 9.59 Å². The molecule has 8 nitrogen and oxygen atoms in total. The fraction of sp³-hybridized carbons (Fsp3) is 0. The molecule has 8 heteroatoms. The molecule has 1 aromatic heterocycles. The van der Waals surface area contributed by atoms with Gasteiger partial charge in [0.05, 0.1) is 16.5 Å². The van der Waals surface area contributed by atoms with E-state index in [4.69, 9.17) is 10.2 Å². The van der Waals surface area contributed by atoms with Crippen LogP contribution in [0.25, 0.3) is 10.9 Å². The molecular formula is C11H6N2O6. The maximum Gasteiger partial charge on any atom is 0.360 e. The number of hydrogen-bond acceptors (Lipinski definition) is 5. The number of H-pyrrole nitrogens is 1. The van der Waals surface area contributed by atoms with Gasteiger partial charge in [0.25, 0.3) is 11.1 Å². The zero-order chi connectivity index (χ0) is 14.2. The lowest BCUT2D eigenvalue weighted by Gasteiger charge is -1.96. The number of aromatic carboxylic acids is 2. The van der Waals surface area contributed by atoms with Gasteiger partial charge < -0.3 is 15.2 Å². The lowest BCUT2D eigenvalue weighted by molar-refractivity contribution is 0.0682. The molecule has 2 rings (SSSR count). The second kappa shape index (κ2) is 4.33. The van der Waals surface area contributed by atoms with Crippen LogP contribution in [0.3, 0.4) is 0 Å². The number of fused-ring (bicyclic) bond motifs is 1. The smallest absolute Gasteiger partial charge is 0.360 e. The summed E-state index contributed by atoms with van der Waals surface area (Å²) in [6.45, 7) is 0. The van der Waals surface area contributed by atoms with Gasteiger partial charge in [-0.05, 0) is 12.1 Å². The van der Waals surface area contributed by atoms with Crippen molar-refractivity contribution in [1.82, 2.24) is 9.97 Å². The van der Waals surface area contributed by atoms with E-state index in [2.05, 4.69) is 9.97 Å². The van der Waals surface area contributed by atoms with E-state index in [0.29, 0.717) is 0 Å². The van der Waals surface area contributed by atoms with Crippen molar-refractivity contribution < 1.29 is 19.8 Å². The van der Waals surface area contributed by atoms with Gasteiger partial charge in [0.1, 0.15) is 0 Å². The van der Waals surface area contributed by atoms with E-state index in [0.717, 1.165) is 6.07 Å². The third kappa shape index (κ3) is 2.06. The van der Waals surface area contributed by atoms with Crippen LogP contribution in [0.4, 0.5) is 0 Å². The minimum atomic E-state index is -1.67. The third-order valence-electron chi connectivity index (χ3n) is 2.39. The van der Waals surface area contributed by atoms with E-state index in [1.807, 2.05) is 0 Å². The van der Waals surface area contributed by atoms with Crippen LogP contribution in [0.15, 0.2) is 27.8 Å². The molecule has 19 heavy (non-hydrogen) atoms. The lowest BCUT2D eigenvalue weighted by Crippen LogP contribution is -2.19. The number of aromatic nitrogens is 2. The van der Waals surface area contributed by atoms with Crippen LogP contribution in [-0.4, -0.2) is 32.1 Å². The Morgan fingerprint density at radius 2 is 1.79 bits per heavy atom. The molecule has 0 aliphatic heterocycles. The number of aromatic amines is 1. The molecule has 0 aliphatic rings. The van der Waals surface area contributed by atoms with Crippen LogP contribution < -0.4 is 11.1 Å². The first kappa shape index (κ1) is 12.4. The molecule has 0 unspecified atom stereocenters. The molecule has 0 spiro atoms. The number of nitrogens with zero attached hydrogens (tertiary/aromatic N) is 1. The van der Waals surface area contributed by atoms with Crippen molar-refractivity contribution in [3.63, 3.8) is 0 Å². The number of nitrogens with one attached hydrogen (secondary N) is 1. The van der Waals surface area contributed by atoms with Crippen LogP contribution in [-0.2, 0) is 0 Å². The summed E-state index contributed by atoms with van der Waals surface area (Å²) in [5.74, 6) is -3.05. The molecular weight excluding hydrogens is 256 g/mol. The predicted octanol–water partition coefficient (Wildman–Crippen LogP) is -0.320.